The van der Waals surface area contributed by atoms with Gasteiger partial charge in [-0.2, -0.15) is 11.8 Å². The lowest BCUT2D eigenvalue weighted by Gasteiger charge is -2.06. The van der Waals surface area contributed by atoms with Crippen LogP contribution >= 0.6 is 11.8 Å². The molecule has 0 saturated heterocycles. The van der Waals surface area contributed by atoms with E-state index in [2.05, 4.69) is 60.8 Å². The number of hydrogen-bond acceptors (Lipinski definition) is 2. The maximum absolute atomic E-state index is 3.44. The maximum Gasteiger partial charge on any atom is 0.0340 e. The third-order valence-electron chi connectivity index (χ3n) is 2.92. The van der Waals surface area contributed by atoms with E-state index < -0.39 is 0 Å². The predicted octanol–water partition coefficient (Wildman–Crippen LogP) is 4.73. The molecule has 19 heavy (non-hydrogen) atoms. The summed E-state index contributed by atoms with van der Waals surface area (Å²) >= 11 is 2.01. The Morgan fingerprint density at radius 1 is 1.00 bits per heavy atom. The first-order valence-corrected chi connectivity index (χ1v) is 7.92. The summed E-state index contributed by atoms with van der Waals surface area (Å²) in [7, 11) is 0. The second-order valence-electron chi connectivity index (χ2n) is 4.69. The Bertz CT molecular complexity index is 482. The van der Waals surface area contributed by atoms with Gasteiger partial charge in [-0.05, 0) is 36.8 Å². The van der Waals surface area contributed by atoms with Crippen LogP contribution in [-0.4, -0.2) is 12.3 Å². The van der Waals surface area contributed by atoms with Gasteiger partial charge in [0, 0.05) is 18.0 Å². The number of aryl methyl sites for hydroxylation is 1. The first-order valence-electron chi connectivity index (χ1n) is 6.77. The number of rotatable bonds is 7. The van der Waals surface area contributed by atoms with Crippen LogP contribution in [0.15, 0.2) is 54.6 Å². The van der Waals surface area contributed by atoms with Crippen molar-refractivity contribution in [2.45, 2.75) is 19.1 Å². The summed E-state index contributed by atoms with van der Waals surface area (Å²) in [4.78, 5) is 0. The molecule has 0 radical (unpaired) electrons. The minimum Gasteiger partial charge on any atom is -0.385 e. The molecule has 0 unspecified atom stereocenters. The molecule has 0 aromatic heterocycles. The van der Waals surface area contributed by atoms with Crippen molar-refractivity contribution in [2.24, 2.45) is 0 Å². The zero-order chi connectivity index (χ0) is 13.3. The van der Waals surface area contributed by atoms with E-state index in [1.165, 1.54) is 29.0 Å². The average Bonchev–Trinajstić information content (AvgIpc) is 2.44. The summed E-state index contributed by atoms with van der Waals surface area (Å²) in [6, 6.07) is 19.2. The zero-order valence-electron chi connectivity index (χ0n) is 11.4. The van der Waals surface area contributed by atoms with Crippen molar-refractivity contribution in [3.8, 4) is 0 Å². The summed E-state index contributed by atoms with van der Waals surface area (Å²) in [6.07, 6.45) is 1.20. The van der Waals surface area contributed by atoms with Crippen LogP contribution in [0.5, 0.6) is 0 Å². The Kier molecular flexibility index (Phi) is 5.83. The zero-order valence-corrected chi connectivity index (χ0v) is 12.2. The summed E-state index contributed by atoms with van der Waals surface area (Å²) in [5.74, 6) is 2.32. The van der Waals surface area contributed by atoms with Gasteiger partial charge in [-0.15, -0.1) is 0 Å². The fourth-order valence-corrected chi connectivity index (χ4v) is 2.86. The molecule has 0 atom stereocenters. The highest BCUT2D eigenvalue weighted by atomic mass is 32.2. The van der Waals surface area contributed by atoms with Gasteiger partial charge in [0.15, 0.2) is 0 Å². The van der Waals surface area contributed by atoms with Gasteiger partial charge in [-0.1, -0.05) is 48.0 Å². The van der Waals surface area contributed by atoms with Gasteiger partial charge in [0.05, 0.1) is 0 Å². The van der Waals surface area contributed by atoms with Crippen molar-refractivity contribution in [1.29, 1.82) is 0 Å². The van der Waals surface area contributed by atoms with Gasteiger partial charge in [0.25, 0.3) is 0 Å². The molecular weight excluding hydrogens is 250 g/mol. The number of benzene rings is 2. The topological polar surface area (TPSA) is 12.0 Å². The van der Waals surface area contributed by atoms with Crippen molar-refractivity contribution in [1.82, 2.24) is 0 Å². The molecule has 2 aromatic rings. The molecule has 0 saturated carbocycles. The molecule has 0 aliphatic heterocycles. The monoisotopic (exact) mass is 271 g/mol. The first-order chi connectivity index (χ1) is 9.34. The molecule has 1 N–H and O–H groups in total. The minimum absolute atomic E-state index is 1.05. The fraction of sp³-hybridized carbons (Fsp3) is 0.294. The van der Waals surface area contributed by atoms with Crippen molar-refractivity contribution >= 4 is 17.4 Å². The smallest absolute Gasteiger partial charge is 0.0340 e. The Hall–Kier alpha value is -1.41. The fourth-order valence-electron chi connectivity index (χ4n) is 1.95. The highest BCUT2D eigenvalue weighted by Gasteiger charge is 1.95. The number of hydrogen-bond donors (Lipinski definition) is 1. The Morgan fingerprint density at radius 2 is 1.84 bits per heavy atom. The van der Waals surface area contributed by atoms with Crippen LogP contribution in [0.4, 0.5) is 5.69 Å². The first kappa shape index (κ1) is 14.0. The van der Waals surface area contributed by atoms with E-state index in [4.69, 9.17) is 0 Å². The standard InChI is InChI=1S/C17H21NS/c1-15-7-5-8-16(13-15)14-19-12-6-11-18-17-9-3-2-4-10-17/h2-5,7-10,13,18H,6,11-12,14H2,1H3. The lowest BCUT2D eigenvalue weighted by molar-refractivity contribution is 0.991. The largest absolute Gasteiger partial charge is 0.385 e. The quantitative estimate of drug-likeness (QED) is 0.731. The Labute approximate surface area is 120 Å². The van der Waals surface area contributed by atoms with Crippen LogP contribution in [0.25, 0.3) is 0 Å². The van der Waals surface area contributed by atoms with E-state index in [0.717, 1.165) is 12.3 Å². The van der Waals surface area contributed by atoms with Crippen LogP contribution < -0.4 is 5.32 Å². The highest BCUT2D eigenvalue weighted by Crippen LogP contribution is 2.14. The highest BCUT2D eigenvalue weighted by molar-refractivity contribution is 7.98. The summed E-state index contributed by atoms with van der Waals surface area (Å²) in [6.45, 7) is 3.20. The normalized spacial score (nSPS) is 10.4. The van der Waals surface area contributed by atoms with E-state index in [1.807, 2.05) is 17.8 Å². The maximum atomic E-state index is 3.44. The summed E-state index contributed by atoms with van der Waals surface area (Å²) < 4.78 is 0. The number of thioether (sulfide) groups is 1. The second-order valence-corrected chi connectivity index (χ2v) is 5.79. The lowest BCUT2D eigenvalue weighted by Crippen LogP contribution is -2.02. The molecule has 2 heteroatoms. The van der Waals surface area contributed by atoms with Crippen LogP contribution in [0.3, 0.4) is 0 Å². The molecule has 1 nitrogen and oxygen atoms in total. The van der Waals surface area contributed by atoms with Crippen molar-refractivity contribution in [3.63, 3.8) is 0 Å². The van der Waals surface area contributed by atoms with Gasteiger partial charge < -0.3 is 5.32 Å². The van der Waals surface area contributed by atoms with E-state index in [0.29, 0.717) is 0 Å². The van der Waals surface area contributed by atoms with Gasteiger partial charge in [0.1, 0.15) is 0 Å². The van der Waals surface area contributed by atoms with Crippen LogP contribution in [0.1, 0.15) is 17.5 Å². The molecule has 100 valence electrons. The molecule has 0 aliphatic carbocycles. The van der Waals surface area contributed by atoms with E-state index in [1.54, 1.807) is 0 Å². The molecule has 0 fully saturated rings. The summed E-state index contributed by atoms with van der Waals surface area (Å²) in [5.41, 5.74) is 4.00. The van der Waals surface area contributed by atoms with Gasteiger partial charge >= 0.3 is 0 Å². The van der Waals surface area contributed by atoms with Crippen molar-refractivity contribution < 1.29 is 0 Å². The minimum atomic E-state index is 1.05. The summed E-state index contributed by atoms with van der Waals surface area (Å²) in [5, 5.41) is 3.44. The predicted molar refractivity (Wildman–Crippen MR) is 86.9 cm³/mol. The van der Waals surface area contributed by atoms with Gasteiger partial charge in [-0.3, -0.25) is 0 Å². The van der Waals surface area contributed by atoms with Crippen LogP contribution in [-0.2, 0) is 5.75 Å². The van der Waals surface area contributed by atoms with Crippen LogP contribution in [0.2, 0.25) is 0 Å². The molecule has 0 spiro atoms. The third kappa shape index (κ3) is 5.39. The average molecular weight is 271 g/mol. The molecule has 0 aliphatic rings. The van der Waals surface area contributed by atoms with E-state index in [9.17, 15) is 0 Å². The van der Waals surface area contributed by atoms with Crippen molar-refractivity contribution in [3.05, 3.63) is 65.7 Å². The Morgan fingerprint density at radius 3 is 2.63 bits per heavy atom. The lowest BCUT2D eigenvalue weighted by atomic mass is 10.2. The van der Waals surface area contributed by atoms with Gasteiger partial charge in [-0.25, -0.2) is 0 Å². The molecule has 0 amide bonds. The molecule has 0 bridgehead atoms. The van der Waals surface area contributed by atoms with Crippen LogP contribution in [0, 0.1) is 6.92 Å². The third-order valence-corrected chi connectivity index (χ3v) is 4.03. The second kappa shape index (κ2) is 7.90. The molecule has 2 aromatic carbocycles. The SMILES string of the molecule is Cc1cccc(CSCCCNc2ccccc2)c1. The van der Waals surface area contributed by atoms with E-state index in [-0.39, 0.29) is 0 Å². The number of anilines is 1. The number of para-hydroxylation sites is 1. The molecular formula is C17H21NS. The van der Waals surface area contributed by atoms with Crippen molar-refractivity contribution in [2.75, 3.05) is 17.6 Å². The van der Waals surface area contributed by atoms with Gasteiger partial charge in [0.2, 0.25) is 0 Å². The molecule has 2 rings (SSSR count). The Balaban J connectivity index is 1.58. The van der Waals surface area contributed by atoms with E-state index >= 15 is 0 Å². The number of nitrogens with one attached hydrogen (secondary N) is 1. The molecule has 0 heterocycles.